The van der Waals surface area contributed by atoms with Crippen LogP contribution in [0.1, 0.15) is 37.1 Å². The van der Waals surface area contributed by atoms with E-state index in [0.717, 1.165) is 25.9 Å². The molecule has 0 spiro atoms. The SMILES string of the molecule is CCC(C)(CCO)NCC(=O)N1CCc2sccc2C1. The summed E-state index contributed by atoms with van der Waals surface area (Å²) in [7, 11) is 0. The average Bonchev–Trinajstić information content (AvgIpc) is 2.92. The molecule has 1 unspecified atom stereocenters. The van der Waals surface area contributed by atoms with Gasteiger partial charge in [-0.15, -0.1) is 11.3 Å². The quantitative estimate of drug-likeness (QED) is 0.841. The molecule has 1 amide bonds. The van der Waals surface area contributed by atoms with E-state index in [4.69, 9.17) is 5.11 Å². The first-order valence-corrected chi connectivity index (χ1v) is 8.15. The zero-order chi connectivity index (χ0) is 14.6. The molecule has 0 bridgehead atoms. The van der Waals surface area contributed by atoms with E-state index in [2.05, 4.69) is 30.6 Å². The number of amides is 1. The first-order valence-electron chi connectivity index (χ1n) is 7.27. The number of fused-ring (bicyclic) bond motifs is 1. The summed E-state index contributed by atoms with van der Waals surface area (Å²) < 4.78 is 0. The van der Waals surface area contributed by atoms with Crippen molar-refractivity contribution in [1.29, 1.82) is 0 Å². The van der Waals surface area contributed by atoms with Gasteiger partial charge >= 0.3 is 0 Å². The van der Waals surface area contributed by atoms with Crippen molar-refractivity contribution in [3.8, 4) is 0 Å². The Kier molecular flexibility index (Phi) is 5.18. The second-order valence-corrected chi connectivity index (χ2v) is 6.68. The molecule has 0 saturated carbocycles. The van der Waals surface area contributed by atoms with Gasteiger partial charge in [0.25, 0.3) is 0 Å². The molecule has 2 heterocycles. The van der Waals surface area contributed by atoms with Gasteiger partial charge in [0.2, 0.25) is 5.91 Å². The Morgan fingerprint density at radius 2 is 2.40 bits per heavy atom. The van der Waals surface area contributed by atoms with E-state index >= 15 is 0 Å². The largest absolute Gasteiger partial charge is 0.396 e. The topological polar surface area (TPSA) is 52.6 Å². The van der Waals surface area contributed by atoms with Crippen molar-refractivity contribution in [2.75, 3.05) is 19.7 Å². The van der Waals surface area contributed by atoms with E-state index in [1.54, 1.807) is 11.3 Å². The smallest absolute Gasteiger partial charge is 0.236 e. The van der Waals surface area contributed by atoms with Crippen LogP contribution in [-0.4, -0.2) is 41.1 Å². The lowest BCUT2D eigenvalue weighted by atomic mass is 9.95. The third-order valence-electron chi connectivity index (χ3n) is 4.27. The monoisotopic (exact) mass is 296 g/mol. The minimum Gasteiger partial charge on any atom is -0.396 e. The first kappa shape index (κ1) is 15.5. The summed E-state index contributed by atoms with van der Waals surface area (Å²) in [6.07, 6.45) is 2.54. The Balaban J connectivity index is 1.87. The third kappa shape index (κ3) is 3.59. The maximum atomic E-state index is 12.3. The number of aliphatic hydroxyl groups excluding tert-OH is 1. The van der Waals surface area contributed by atoms with Crippen molar-refractivity contribution in [2.45, 2.75) is 45.2 Å². The molecule has 0 fully saturated rings. The lowest BCUT2D eigenvalue weighted by Gasteiger charge is -2.32. The summed E-state index contributed by atoms with van der Waals surface area (Å²) in [6.45, 7) is 6.19. The van der Waals surface area contributed by atoms with Crippen molar-refractivity contribution >= 4 is 17.2 Å². The maximum absolute atomic E-state index is 12.3. The van der Waals surface area contributed by atoms with Gasteiger partial charge in [-0.05, 0) is 43.2 Å². The highest BCUT2D eigenvalue weighted by Crippen LogP contribution is 2.24. The summed E-state index contributed by atoms with van der Waals surface area (Å²) >= 11 is 1.79. The average molecular weight is 296 g/mol. The molecule has 1 aliphatic heterocycles. The molecule has 0 aliphatic carbocycles. The number of hydrogen-bond acceptors (Lipinski definition) is 4. The minimum atomic E-state index is -0.159. The summed E-state index contributed by atoms with van der Waals surface area (Å²) in [5, 5.41) is 14.5. The zero-order valence-electron chi connectivity index (χ0n) is 12.3. The fraction of sp³-hybridized carbons (Fsp3) is 0.667. The van der Waals surface area contributed by atoms with Gasteiger partial charge in [0.1, 0.15) is 0 Å². The van der Waals surface area contributed by atoms with Crippen LogP contribution in [0.4, 0.5) is 0 Å². The highest BCUT2D eigenvalue weighted by Gasteiger charge is 2.25. The molecule has 2 rings (SSSR count). The Morgan fingerprint density at radius 1 is 1.60 bits per heavy atom. The molecule has 112 valence electrons. The number of thiophene rings is 1. The van der Waals surface area contributed by atoms with Gasteiger partial charge in [0.15, 0.2) is 0 Å². The summed E-state index contributed by atoms with van der Waals surface area (Å²) in [4.78, 5) is 15.6. The van der Waals surface area contributed by atoms with Gasteiger partial charge in [-0.2, -0.15) is 0 Å². The molecule has 5 heteroatoms. The van der Waals surface area contributed by atoms with Crippen LogP contribution in [0, 0.1) is 0 Å². The number of hydrogen-bond donors (Lipinski definition) is 2. The summed E-state index contributed by atoms with van der Waals surface area (Å²) in [5.41, 5.74) is 1.14. The predicted octanol–water partition coefficient (Wildman–Crippen LogP) is 1.77. The van der Waals surface area contributed by atoms with Gasteiger partial charge in [0.05, 0.1) is 6.54 Å². The van der Waals surface area contributed by atoms with Crippen LogP contribution in [0.25, 0.3) is 0 Å². The number of carbonyl (C=O) groups is 1. The molecular weight excluding hydrogens is 272 g/mol. The second kappa shape index (κ2) is 6.70. The fourth-order valence-electron chi connectivity index (χ4n) is 2.50. The van der Waals surface area contributed by atoms with Crippen LogP contribution < -0.4 is 5.32 Å². The van der Waals surface area contributed by atoms with Gasteiger partial charge in [-0.25, -0.2) is 0 Å². The second-order valence-electron chi connectivity index (χ2n) is 5.68. The van der Waals surface area contributed by atoms with E-state index in [0.29, 0.717) is 13.0 Å². The van der Waals surface area contributed by atoms with Gasteiger partial charge in [0, 0.05) is 30.1 Å². The standard InChI is InChI=1S/C15H24N2O2S/c1-3-15(2,6-8-18)16-10-14(19)17-7-4-13-12(11-17)5-9-20-13/h5,9,16,18H,3-4,6-8,10-11H2,1-2H3. The Bertz CT molecular complexity index is 460. The van der Waals surface area contributed by atoms with Crippen molar-refractivity contribution < 1.29 is 9.90 Å². The van der Waals surface area contributed by atoms with Crippen LogP contribution in [0.2, 0.25) is 0 Å². The molecule has 1 aromatic rings. The number of carbonyl (C=O) groups excluding carboxylic acids is 1. The highest BCUT2D eigenvalue weighted by atomic mass is 32.1. The molecule has 20 heavy (non-hydrogen) atoms. The fourth-order valence-corrected chi connectivity index (χ4v) is 3.39. The van der Waals surface area contributed by atoms with Crippen LogP contribution in [0.5, 0.6) is 0 Å². The normalized spacial score (nSPS) is 17.6. The Hall–Kier alpha value is -0.910. The molecule has 0 radical (unpaired) electrons. The summed E-state index contributed by atoms with van der Waals surface area (Å²) in [5.74, 6) is 0.152. The van der Waals surface area contributed by atoms with Crippen LogP contribution in [-0.2, 0) is 17.8 Å². The van der Waals surface area contributed by atoms with Gasteiger partial charge < -0.3 is 15.3 Å². The zero-order valence-corrected chi connectivity index (χ0v) is 13.1. The first-order chi connectivity index (χ1) is 9.58. The molecular formula is C15H24N2O2S. The van der Waals surface area contributed by atoms with E-state index in [-0.39, 0.29) is 18.1 Å². The van der Waals surface area contributed by atoms with Crippen molar-refractivity contribution in [2.24, 2.45) is 0 Å². The molecule has 1 atom stereocenters. The Labute approximate surface area is 124 Å². The molecule has 2 N–H and O–H groups in total. The number of rotatable bonds is 6. The van der Waals surface area contributed by atoms with E-state index in [1.807, 2.05) is 4.90 Å². The predicted molar refractivity (Wildman–Crippen MR) is 81.8 cm³/mol. The molecule has 1 aromatic heterocycles. The third-order valence-corrected chi connectivity index (χ3v) is 5.29. The van der Waals surface area contributed by atoms with Gasteiger partial charge in [-0.1, -0.05) is 6.92 Å². The molecule has 1 aliphatic rings. The van der Waals surface area contributed by atoms with Crippen LogP contribution in [0.3, 0.4) is 0 Å². The molecule has 0 saturated heterocycles. The van der Waals surface area contributed by atoms with E-state index < -0.39 is 0 Å². The number of aliphatic hydroxyl groups is 1. The number of nitrogens with one attached hydrogen (secondary N) is 1. The minimum absolute atomic E-state index is 0.146. The highest BCUT2D eigenvalue weighted by molar-refractivity contribution is 7.10. The van der Waals surface area contributed by atoms with E-state index in [9.17, 15) is 4.79 Å². The van der Waals surface area contributed by atoms with Crippen LogP contribution in [0.15, 0.2) is 11.4 Å². The lowest BCUT2D eigenvalue weighted by molar-refractivity contribution is -0.131. The molecule has 0 aromatic carbocycles. The van der Waals surface area contributed by atoms with Crippen molar-refractivity contribution in [3.63, 3.8) is 0 Å². The maximum Gasteiger partial charge on any atom is 0.236 e. The Morgan fingerprint density at radius 3 is 3.10 bits per heavy atom. The van der Waals surface area contributed by atoms with Gasteiger partial charge in [-0.3, -0.25) is 4.79 Å². The van der Waals surface area contributed by atoms with E-state index in [1.165, 1.54) is 10.4 Å². The van der Waals surface area contributed by atoms with Crippen molar-refractivity contribution in [1.82, 2.24) is 10.2 Å². The van der Waals surface area contributed by atoms with Crippen LogP contribution >= 0.6 is 11.3 Å². The summed E-state index contributed by atoms with van der Waals surface area (Å²) in [6, 6.07) is 2.12. The molecule has 4 nitrogen and oxygen atoms in total. The van der Waals surface area contributed by atoms with Crippen molar-refractivity contribution in [3.05, 3.63) is 21.9 Å². The number of nitrogens with zero attached hydrogens (tertiary/aromatic N) is 1. The lowest BCUT2D eigenvalue weighted by Crippen LogP contribution is -2.49.